The first-order chi connectivity index (χ1) is 17.1. The van der Waals surface area contributed by atoms with Crippen LogP contribution >= 0.6 is 0 Å². The molecule has 12 heteroatoms. The fourth-order valence-electron chi connectivity index (χ4n) is 4.00. The Morgan fingerprint density at radius 3 is 2.11 bits per heavy atom. The summed E-state index contributed by atoms with van der Waals surface area (Å²) in [5.41, 5.74) is 2.97. The van der Waals surface area contributed by atoms with Crippen LogP contribution in [-0.2, 0) is 31.4 Å². The number of anilines is 1. The molecule has 2 N–H and O–H groups in total. The molecule has 0 spiro atoms. The van der Waals surface area contributed by atoms with Crippen LogP contribution in [0, 0.1) is 6.92 Å². The lowest BCUT2D eigenvalue weighted by Gasteiger charge is -2.30. The van der Waals surface area contributed by atoms with E-state index in [9.17, 15) is 26.8 Å². The van der Waals surface area contributed by atoms with Crippen molar-refractivity contribution < 1.29 is 31.6 Å². The Bertz CT molecular complexity index is 1470. The largest absolute Gasteiger partial charge is 0.497 e. The summed E-state index contributed by atoms with van der Waals surface area (Å²) in [6, 6.07) is 16.7. The van der Waals surface area contributed by atoms with Crippen LogP contribution in [0.3, 0.4) is 0 Å². The first kappa shape index (κ1) is 25.6. The first-order valence-corrected chi connectivity index (χ1v) is 13.7. The monoisotopic (exact) mass is 531 g/mol. The fraction of sp³-hybridized carbons (Fsp3) is 0.208. The molecule has 190 valence electrons. The van der Waals surface area contributed by atoms with Gasteiger partial charge in [0.25, 0.3) is 15.9 Å². The third kappa shape index (κ3) is 4.67. The Morgan fingerprint density at radius 2 is 1.50 bits per heavy atom. The van der Waals surface area contributed by atoms with E-state index < -0.39 is 38.5 Å². The van der Waals surface area contributed by atoms with Crippen LogP contribution in [0.15, 0.2) is 82.6 Å². The molecule has 1 atom stereocenters. The number of para-hydroxylation sites is 1. The van der Waals surface area contributed by atoms with Gasteiger partial charge in [0.2, 0.25) is 10.0 Å². The van der Waals surface area contributed by atoms with E-state index in [1.165, 1.54) is 49.0 Å². The maximum atomic E-state index is 13.7. The van der Waals surface area contributed by atoms with Crippen molar-refractivity contribution in [3.05, 3.63) is 83.9 Å². The quantitative estimate of drug-likeness (QED) is 0.368. The van der Waals surface area contributed by atoms with Crippen molar-refractivity contribution >= 4 is 31.6 Å². The summed E-state index contributed by atoms with van der Waals surface area (Å²) in [6.45, 7) is 0.957. The minimum atomic E-state index is -4.31. The minimum absolute atomic E-state index is 0.0162. The lowest BCUT2D eigenvalue weighted by Crippen LogP contribution is -2.53. The summed E-state index contributed by atoms with van der Waals surface area (Å²) in [6.07, 6.45) is 0. The van der Waals surface area contributed by atoms with Gasteiger partial charge in [0.15, 0.2) is 0 Å². The summed E-state index contributed by atoms with van der Waals surface area (Å²) >= 11 is 0. The van der Waals surface area contributed by atoms with Crippen LogP contribution in [0.2, 0.25) is 0 Å². The molecule has 1 heterocycles. The molecule has 0 radical (unpaired) electrons. The van der Waals surface area contributed by atoms with Gasteiger partial charge >= 0.3 is 0 Å². The van der Waals surface area contributed by atoms with Crippen molar-refractivity contribution in [1.29, 1.82) is 0 Å². The number of carbonyl (C=O) groups is 1. The van der Waals surface area contributed by atoms with Gasteiger partial charge in [-0.25, -0.2) is 22.3 Å². The second kappa shape index (κ2) is 9.90. The van der Waals surface area contributed by atoms with E-state index in [2.05, 4.69) is 0 Å². The number of nitrogens with one attached hydrogen (secondary N) is 1. The van der Waals surface area contributed by atoms with Gasteiger partial charge in [-0.15, -0.1) is 0 Å². The zero-order valence-electron chi connectivity index (χ0n) is 19.5. The van der Waals surface area contributed by atoms with Crippen molar-refractivity contribution in [2.75, 3.05) is 18.0 Å². The molecule has 0 aromatic heterocycles. The van der Waals surface area contributed by atoms with Gasteiger partial charge in [0.05, 0.1) is 29.1 Å². The van der Waals surface area contributed by atoms with E-state index >= 15 is 0 Å². The number of carbonyl (C=O) groups excluding carboxylic acids is 1. The molecule has 0 fully saturated rings. The van der Waals surface area contributed by atoms with Crippen LogP contribution < -0.4 is 14.5 Å². The number of hydroxylamine groups is 1. The molecule has 0 saturated heterocycles. The molecule has 1 amide bonds. The van der Waals surface area contributed by atoms with E-state index in [4.69, 9.17) is 4.74 Å². The highest BCUT2D eigenvalue weighted by atomic mass is 32.2. The molecule has 1 unspecified atom stereocenters. The number of hydrogen-bond acceptors (Lipinski definition) is 7. The molecule has 1 aliphatic heterocycles. The number of methoxy groups -OCH3 is 1. The third-order valence-electron chi connectivity index (χ3n) is 5.96. The predicted molar refractivity (Wildman–Crippen MR) is 132 cm³/mol. The zero-order chi connectivity index (χ0) is 26.1. The Morgan fingerprint density at radius 1 is 0.917 bits per heavy atom. The van der Waals surface area contributed by atoms with E-state index in [1.807, 2.05) is 6.92 Å². The highest BCUT2D eigenvalue weighted by Crippen LogP contribution is 2.34. The molecule has 36 heavy (non-hydrogen) atoms. The van der Waals surface area contributed by atoms with E-state index in [0.717, 1.165) is 14.2 Å². The lowest BCUT2D eigenvalue weighted by atomic mass is 10.2. The number of amides is 1. The van der Waals surface area contributed by atoms with Crippen molar-refractivity contribution in [2.45, 2.75) is 29.3 Å². The third-order valence-corrected chi connectivity index (χ3v) is 9.62. The molecular formula is C24H25N3O7S2. The average molecular weight is 532 g/mol. The number of benzene rings is 3. The number of hydrogen-bond donors (Lipinski definition) is 2. The van der Waals surface area contributed by atoms with Crippen molar-refractivity contribution in [2.24, 2.45) is 0 Å². The van der Waals surface area contributed by atoms with Gasteiger partial charge in [0, 0.05) is 6.54 Å². The Hall–Kier alpha value is -3.45. The molecular weight excluding hydrogens is 506 g/mol. The minimum Gasteiger partial charge on any atom is -0.497 e. The Labute approximate surface area is 209 Å². The molecule has 4 rings (SSSR count). The van der Waals surface area contributed by atoms with E-state index in [-0.39, 0.29) is 22.0 Å². The molecule has 0 bridgehead atoms. The van der Waals surface area contributed by atoms with Gasteiger partial charge in [-0.05, 0) is 55.0 Å². The second-order valence-corrected chi connectivity index (χ2v) is 11.9. The highest BCUT2D eigenvalue weighted by Gasteiger charge is 2.43. The summed E-state index contributed by atoms with van der Waals surface area (Å²) in [4.78, 5) is 12.7. The van der Waals surface area contributed by atoms with Gasteiger partial charge in [-0.1, -0.05) is 35.9 Å². The highest BCUT2D eigenvalue weighted by molar-refractivity contribution is 7.93. The fourth-order valence-corrected chi connectivity index (χ4v) is 7.07. The summed E-state index contributed by atoms with van der Waals surface area (Å²) in [5.74, 6) is -0.626. The van der Waals surface area contributed by atoms with Crippen molar-refractivity contribution in [3.63, 3.8) is 0 Å². The standard InChI is InChI=1S/C24H25N3O7S2/c1-17-7-11-20(12-8-17)36(32,33)27-16-23(24(28)25-29)26(15-18-5-3-4-6-22(18)27)35(30,31)21-13-9-19(34-2)10-14-21/h3-14,23,29H,15-16H2,1-2H3,(H,25,28). The van der Waals surface area contributed by atoms with Crippen LogP contribution in [0.4, 0.5) is 5.69 Å². The summed E-state index contributed by atoms with van der Waals surface area (Å²) < 4.78 is 61.8. The van der Waals surface area contributed by atoms with Gasteiger partial charge in [-0.2, -0.15) is 4.31 Å². The van der Waals surface area contributed by atoms with E-state index in [0.29, 0.717) is 11.3 Å². The van der Waals surface area contributed by atoms with Crippen LogP contribution in [0.25, 0.3) is 0 Å². The maximum absolute atomic E-state index is 13.7. The summed E-state index contributed by atoms with van der Waals surface area (Å²) in [5, 5.41) is 9.45. The van der Waals surface area contributed by atoms with Crippen molar-refractivity contribution in [3.8, 4) is 5.75 Å². The SMILES string of the molecule is COc1ccc(S(=O)(=O)N2Cc3ccccc3N(S(=O)(=O)c3ccc(C)cc3)CC2C(=O)NO)cc1. The maximum Gasteiger partial charge on any atom is 0.264 e. The number of aryl methyl sites for hydroxylation is 1. The smallest absolute Gasteiger partial charge is 0.264 e. The molecule has 0 aliphatic carbocycles. The molecule has 0 saturated carbocycles. The number of sulfonamides is 2. The predicted octanol–water partition coefficient (Wildman–Crippen LogP) is 2.28. The Balaban J connectivity index is 1.87. The zero-order valence-corrected chi connectivity index (χ0v) is 21.2. The Kier molecular flexibility index (Phi) is 7.05. The average Bonchev–Trinajstić information content (AvgIpc) is 3.07. The van der Waals surface area contributed by atoms with Crippen LogP contribution in [0.5, 0.6) is 5.75 Å². The van der Waals surface area contributed by atoms with Crippen LogP contribution in [0.1, 0.15) is 11.1 Å². The normalized spacial score (nSPS) is 16.6. The lowest BCUT2D eigenvalue weighted by molar-refractivity contribution is -0.132. The van der Waals surface area contributed by atoms with Gasteiger partial charge in [0.1, 0.15) is 11.8 Å². The van der Waals surface area contributed by atoms with Crippen molar-refractivity contribution in [1.82, 2.24) is 9.79 Å². The number of fused-ring (bicyclic) bond motifs is 1. The molecule has 3 aromatic carbocycles. The summed E-state index contributed by atoms with van der Waals surface area (Å²) in [7, 11) is -7.07. The topological polar surface area (TPSA) is 133 Å². The molecule has 3 aromatic rings. The number of ether oxygens (including phenoxy) is 1. The van der Waals surface area contributed by atoms with Gasteiger partial charge in [-0.3, -0.25) is 14.3 Å². The van der Waals surface area contributed by atoms with Gasteiger partial charge < -0.3 is 4.74 Å². The number of rotatable bonds is 6. The molecule has 10 nitrogen and oxygen atoms in total. The van der Waals surface area contributed by atoms with E-state index in [1.54, 1.807) is 36.4 Å². The molecule has 1 aliphatic rings. The number of nitrogens with zero attached hydrogens (tertiary/aromatic N) is 2. The second-order valence-electron chi connectivity index (χ2n) is 8.20. The van der Waals surface area contributed by atoms with Crippen LogP contribution in [-0.4, -0.2) is 52.0 Å². The first-order valence-electron chi connectivity index (χ1n) is 10.9.